The fourth-order valence-electron chi connectivity index (χ4n) is 2.42. The van der Waals surface area contributed by atoms with E-state index in [-0.39, 0.29) is 11.9 Å². The third kappa shape index (κ3) is 3.12. The molecule has 0 radical (unpaired) electrons. The Labute approximate surface area is 139 Å². The summed E-state index contributed by atoms with van der Waals surface area (Å²) in [6.45, 7) is 8.32. The van der Waals surface area contributed by atoms with E-state index in [1.807, 2.05) is 19.9 Å². The van der Waals surface area contributed by atoms with E-state index in [1.54, 1.807) is 16.9 Å². The van der Waals surface area contributed by atoms with Gasteiger partial charge in [-0.25, -0.2) is 4.98 Å². The lowest BCUT2D eigenvalue weighted by molar-refractivity contribution is 0.101. The van der Waals surface area contributed by atoms with E-state index in [9.17, 15) is 4.79 Å². The summed E-state index contributed by atoms with van der Waals surface area (Å²) >= 11 is 1.50. The van der Waals surface area contributed by atoms with Crippen molar-refractivity contribution in [3.05, 3.63) is 41.7 Å². The molecule has 2 heterocycles. The average molecular weight is 328 g/mol. The zero-order chi connectivity index (χ0) is 16.6. The zero-order valence-electron chi connectivity index (χ0n) is 13.7. The lowest BCUT2D eigenvalue weighted by Gasteiger charge is -2.09. The van der Waals surface area contributed by atoms with Crippen LogP contribution in [0.3, 0.4) is 0 Å². The summed E-state index contributed by atoms with van der Waals surface area (Å²) in [5.74, 6) is 0.291. The molecule has 0 unspecified atom stereocenters. The Hall–Kier alpha value is -2.21. The molecule has 0 aliphatic heterocycles. The maximum absolute atomic E-state index is 12.4. The van der Waals surface area contributed by atoms with Gasteiger partial charge in [-0.05, 0) is 43.5 Å². The predicted molar refractivity (Wildman–Crippen MR) is 94.3 cm³/mol. The summed E-state index contributed by atoms with van der Waals surface area (Å²) < 4.78 is 2.79. The monoisotopic (exact) mass is 328 g/mol. The molecular formula is C17H20N4OS. The largest absolute Gasteiger partial charge is 0.296 e. The third-order valence-corrected chi connectivity index (χ3v) is 4.63. The lowest BCUT2D eigenvalue weighted by atomic mass is 10.0. The first-order valence-electron chi connectivity index (χ1n) is 7.71. The second-order valence-corrected chi connectivity index (χ2v) is 7.14. The van der Waals surface area contributed by atoms with E-state index in [0.29, 0.717) is 16.7 Å². The van der Waals surface area contributed by atoms with Crippen LogP contribution in [0.4, 0.5) is 5.13 Å². The van der Waals surface area contributed by atoms with E-state index in [1.165, 1.54) is 16.9 Å². The molecule has 0 aliphatic carbocycles. The summed E-state index contributed by atoms with van der Waals surface area (Å²) in [4.78, 5) is 16.9. The normalized spacial score (nSPS) is 11.6. The molecule has 0 spiro atoms. The number of benzene rings is 1. The van der Waals surface area contributed by atoms with Gasteiger partial charge in [-0.3, -0.25) is 14.8 Å². The summed E-state index contributed by atoms with van der Waals surface area (Å²) in [5.41, 5.74) is 2.73. The van der Waals surface area contributed by atoms with E-state index in [4.69, 9.17) is 0 Å². The van der Waals surface area contributed by atoms with Gasteiger partial charge in [-0.2, -0.15) is 5.10 Å². The van der Waals surface area contributed by atoms with Crippen molar-refractivity contribution in [2.24, 2.45) is 0 Å². The second-order valence-electron chi connectivity index (χ2n) is 6.11. The van der Waals surface area contributed by atoms with Gasteiger partial charge in [0.05, 0.1) is 10.2 Å². The molecule has 0 bridgehead atoms. The van der Waals surface area contributed by atoms with Gasteiger partial charge in [0, 0.05) is 12.2 Å². The number of amides is 1. The molecule has 23 heavy (non-hydrogen) atoms. The van der Waals surface area contributed by atoms with Crippen LogP contribution < -0.4 is 5.32 Å². The van der Waals surface area contributed by atoms with Gasteiger partial charge in [-0.1, -0.05) is 31.3 Å². The van der Waals surface area contributed by atoms with Crippen LogP contribution in [0.5, 0.6) is 0 Å². The Morgan fingerprint density at radius 3 is 2.70 bits per heavy atom. The number of carbonyl (C=O) groups is 1. The molecule has 3 aromatic rings. The second kappa shape index (κ2) is 6.12. The third-order valence-electron chi connectivity index (χ3n) is 3.69. The minimum Gasteiger partial charge on any atom is -0.296 e. The van der Waals surface area contributed by atoms with Crippen molar-refractivity contribution >= 4 is 32.6 Å². The van der Waals surface area contributed by atoms with Crippen LogP contribution >= 0.6 is 11.3 Å². The summed E-state index contributed by atoms with van der Waals surface area (Å²) in [6, 6.07) is 8.10. The van der Waals surface area contributed by atoms with Crippen LogP contribution in [0.15, 0.2) is 30.5 Å². The Morgan fingerprint density at radius 1 is 1.22 bits per heavy atom. The highest BCUT2D eigenvalue weighted by Gasteiger charge is 2.16. The van der Waals surface area contributed by atoms with E-state index < -0.39 is 0 Å². The number of nitrogens with zero attached hydrogens (tertiary/aromatic N) is 3. The van der Waals surface area contributed by atoms with Gasteiger partial charge in [0.2, 0.25) is 0 Å². The van der Waals surface area contributed by atoms with Crippen molar-refractivity contribution in [3.8, 4) is 0 Å². The smallest absolute Gasteiger partial charge is 0.275 e. The molecule has 1 N–H and O–H groups in total. The molecule has 2 aromatic heterocycles. The van der Waals surface area contributed by atoms with Crippen molar-refractivity contribution in [3.63, 3.8) is 0 Å². The van der Waals surface area contributed by atoms with Gasteiger partial charge in [-0.15, -0.1) is 0 Å². The highest BCUT2D eigenvalue weighted by molar-refractivity contribution is 7.22. The van der Waals surface area contributed by atoms with Crippen molar-refractivity contribution in [2.75, 3.05) is 5.32 Å². The first kappa shape index (κ1) is 15.7. The number of hydrogen-bond acceptors (Lipinski definition) is 4. The van der Waals surface area contributed by atoms with Crippen LogP contribution in [0.25, 0.3) is 10.2 Å². The molecule has 3 rings (SSSR count). The molecular weight excluding hydrogens is 308 g/mol. The molecule has 0 saturated heterocycles. The van der Waals surface area contributed by atoms with Crippen LogP contribution in [-0.4, -0.2) is 20.7 Å². The highest BCUT2D eigenvalue weighted by atomic mass is 32.1. The summed E-state index contributed by atoms with van der Waals surface area (Å²) in [6.07, 6.45) is 1.64. The van der Waals surface area contributed by atoms with E-state index in [0.717, 1.165) is 10.2 Å². The quantitative estimate of drug-likeness (QED) is 0.769. The number of rotatable bonds is 4. The molecule has 0 saturated carbocycles. The maximum Gasteiger partial charge on any atom is 0.275 e. The number of carbonyl (C=O) groups excluding carboxylic acids is 1. The fraction of sp³-hybridized carbons (Fsp3) is 0.353. The number of anilines is 1. The Morgan fingerprint density at radius 2 is 2.00 bits per heavy atom. The van der Waals surface area contributed by atoms with Crippen LogP contribution in [0, 0.1) is 0 Å². The Kier molecular flexibility index (Phi) is 4.17. The van der Waals surface area contributed by atoms with Crippen LogP contribution in [-0.2, 0) is 0 Å². The molecule has 0 fully saturated rings. The minimum absolute atomic E-state index is 0.134. The molecule has 0 aliphatic rings. The average Bonchev–Trinajstić information content (AvgIpc) is 3.12. The molecule has 1 aromatic carbocycles. The number of nitrogens with one attached hydrogen (secondary N) is 1. The first-order valence-corrected chi connectivity index (χ1v) is 8.52. The van der Waals surface area contributed by atoms with Crippen molar-refractivity contribution in [2.45, 2.75) is 39.7 Å². The fourth-order valence-corrected chi connectivity index (χ4v) is 3.33. The first-order chi connectivity index (χ1) is 11.0. The minimum atomic E-state index is -0.181. The standard InChI is InChI=1S/C17H20N4OS/c1-10(2)12-5-6-13-15(9-12)23-17(19-13)20-16(22)14-7-8-18-21(14)11(3)4/h5-11H,1-4H3,(H,19,20,22). The lowest BCUT2D eigenvalue weighted by Crippen LogP contribution is -2.18. The van der Waals surface area contributed by atoms with Gasteiger partial charge < -0.3 is 0 Å². The number of hydrogen-bond donors (Lipinski definition) is 1. The van der Waals surface area contributed by atoms with E-state index in [2.05, 4.69) is 41.4 Å². The Bertz CT molecular complexity index is 847. The number of thiazole rings is 1. The van der Waals surface area contributed by atoms with Crippen LogP contribution in [0.1, 0.15) is 55.7 Å². The van der Waals surface area contributed by atoms with Crippen molar-refractivity contribution in [1.82, 2.24) is 14.8 Å². The summed E-state index contributed by atoms with van der Waals surface area (Å²) in [7, 11) is 0. The molecule has 6 heteroatoms. The van der Waals surface area contributed by atoms with Gasteiger partial charge in [0.1, 0.15) is 5.69 Å². The highest BCUT2D eigenvalue weighted by Crippen LogP contribution is 2.29. The predicted octanol–water partition coefficient (Wildman–Crippen LogP) is 4.45. The SMILES string of the molecule is CC(C)c1ccc2nc(NC(=O)c3ccnn3C(C)C)sc2c1. The van der Waals surface area contributed by atoms with Gasteiger partial charge in [0.25, 0.3) is 5.91 Å². The number of aromatic nitrogens is 3. The van der Waals surface area contributed by atoms with Crippen molar-refractivity contribution < 1.29 is 4.79 Å². The Balaban J connectivity index is 1.86. The molecule has 0 atom stereocenters. The summed E-state index contributed by atoms with van der Waals surface area (Å²) in [5, 5.41) is 7.69. The molecule has 120 valence electrons. The number of fused-ring (bicyclic) bond motifs is 1. The molecule has 1 amide bonds. The van der Waals surface area contributed by atoms with Crippen LogP contribution in [0.2, 0.25) is 0 Å². The topological polar surface area (TPSA) is 59.8 Å². The van der Waals surface area contributed by atoms with E-state index >= 15 is 0 Å². The molecule has 5 nitrogen and oxygen atoms in total. The maximum atomic E-state index is 12.4. The zero-order valence-corrected chi connectivity index (χ0v) is 14.5. The van der Waals surface area contributed by atoms with Crippen molar-refractivity contribution in [1.29, 1.82) is 0 Å². The van der Waals surface area contributed by atoms with Gasteiger partial charge >= 0.3 is 0 Å². The van der Waals surface area contributed by atoms with Gasteiger partial charge in [0.15, 0.2) is 5.13 Å².